The molecule has 7 nitrogen and oxygen atoms in total. The van der Waals surface area contributed by atoms with Gasteiger partial charge in [-0.2, -0.15) is 21.6 Å². The van der Waals surface area contributed by atoms with Crippen LogP contribution in [0.5, 0.6) is 0 Å². The van der Waals surface area contributed by atoms with Crippen LogP contribution in [-0.4, -0.2) is 45.5 Å². The van der Waals surface area contributed by atoms with E-state index in [2.05, 4.69) is 4.18 Å². The molecule has 1 aliphatic carbocycles. The molecule has 2 aliphatic rings. The van der Waals surface area contributed by atoms with Crippen LogP contribution in [0, 0.1) is 0 Å². The Morgan fingerprint density at radius 3 is 2.43 bits per heavy atom. The van der Waals surface area contributed by atoms with Crippen molar-refractivity contribution in [3.8, 4) is 0 Å². The van der Waals surface area contributed by atoms with Crippen LogP contribution in [0.3, 0.4) is 0 Å². The standard InChI is InChI=1S/C12H15F3O7S/c1-2-19-10(16)8-3-4-11(20-5-6-21-11)7-9(8)22-23(17,18)12(13,14)15/h2-7H2,1H3. The minimum atomic E-state index is -5.90. The van der Waals surface area contributed by atoms with E-state index in [0.717, 1.165) is 0 Å². The van der Waals surface area contributed by atoms with Gasteiger partial charge in [-0.05, 0) is 13.3 Å². The molecule has 2 rings (SSSR count). The van der Waals surface area contributed by atoms with Gasteiger partial charge in [0, 0.05) is 6.42 Å². The minimum absolute atomic E-state index is 0.0141. The van der Waals surface area contributed by atoms with E-state index in [1.54, 1.807) is 0 Å². The first-order valence-electron chi connectivity index (χ1n) is 6.78. The average molecular weight is 360 g/mol. The SMILES string of the molecule is CCOC(=O)C1=C(OS(=O)(=O)C(F)(F)F)CC2(CC1)OCCO2. The Morgan fingerprint density at radius 2 is 1.91 bits per heavy atom. The zero-order chi connectivity index (χ0) is 17.3. The van der Waals surface area contributed by atoms with Crippen LogP contribution in [-0.2, 0) is 33.3 Å². The van der Waals surface area contributed by atoms with Crippen LogP contribution in [0.2, 0.25) is 0 Å². The smallest absolute Gasteiger partial charge is 0.463 e. The number of hydrogen-bond donors (Lipinski definition) is 0. The van der Waals surface area contributed by atoms with Crippen molar-refractivity contribution < 1.29 is 44.8 Å². The first-order valence-corrected chi connectivity index (χ1v) is 8.19. The van der Waals surface area contributed by atoms with Crippen LogP contribution in [0.4, 0.5) is 13.2 Å². The van der Waals surface area contributed by atoms with Gasteiger partial charge in [0.2, 0.25) is 0 Å². The highest BCUT2D eigenvalue weighted by atomic mass is 32.2. The molecular weight excluding hydrogens is 345 g/mol. The monoisotopic (exact) mass is 360 g/mol. The van der Waals surface area contributed by atoms with Gasteiger partial charge >= 0.3 is 21.6 Å². The van der Waals surface area contributed by atoms with Gasteiger partial charge in [0.25, 0.3) is 0 Å². The molecule has 0 aromatic rings. The first-order chi connectivity index (χ1) is 10.6. The molecule has 23 heavy (non-hydrogen) atoms. The largest absolute Gasteiger partial charge is 0.534 e. The van der Waals surface area contributed by atoms with Crippen LogP contribution in [0.25, 0.3) is 0 Å². The molecule has 1 heterocycles. The van der Waals surface area contributed by atoms with Crippen molar-refractivity contribution in [3.63, 3.8) is 0 Å². The van der Waals surface area contributed by atoms with Gasteiger partial charge in [-0.25, -0.2) is 4.79 Å². The number of rotatable bonds is 4. The summed E-state index contributed by atoms with van der Waals surface area (Å²) in [4.78, 5) is 11.8. The molecule has 1 saturated heterocycles. The second-order valence-electron chi connectivity index (χ2n) is 4.89. The Morgan fingerprint density at radius 1 is 1.30 bits per heavy atom. The summed E-state index contributed by atoms with van der Waals surface area (Å²) in [7, 11) is -5.90. The number of ether oxygens (including phenoxy) is 3. The lowest BCUT2D eigenvalue weighted by Crippen LogP contribution is -2.37. The summed E-state index contributed by atoms with van der Waals surface area (Å²) in [6, 6.07) is 0. The molecule has 11 heteroatoms. The Bertz CT molecular complexity index is 603. The van der Waals surface area contributed by atoms with E-state index in [9.17, 15) is 26.4 Å². The molecule has 0 atom stereocenters. The third-order valence-corrected chi connectivity index (χ3v) is 4.34. The van der Waals surface area contributed by atoms with Crippen molar-refractivity contribution in [1.82, 2.24) is 0 Å². The topological polar surface area (TPSA) is 88.1 Å². The molecule has 1 fully saturated rings. The van der Waals surface area contributed by atoms with E-state index >= 15 is 0 Å². The third-order valence-electron chi connectivity index (χ3n) is 3.35. The lowest BCUT2D eigenvalue weighted by Gasteiger charge is -2.33. The molecule has 0 unspecified atom stereocenters. The van der Waals surface area contributed by atoms with Crippen LogP contribution in [0.1, 0.15) is 26.2 Å². The van der Waals surface area contributed by atoms with Gasteiger partial charge in [-0.3, -0.25) is 0 Å². The number of carbonyl (C=O) groups is 1. The average Bonchev–Trinajstić information content (AvgIpc) is 2.85. The number of carbonyl (C=O) groups excluding carboxylic acids is 1. The maximum atomic E-state index is 12.5. The maximum Gasteiger partial charge on any atom is 0.534 e. The van der Waals surface area contributed by atoms with Crippen molar-refractivity contribution in [2.45, 2.75) is 37.5 Å². The fourth-order valence-electron chi connectivity index (χ4n) is 2.33. The highest BCUT2D eigenvalue weighted by Crippen LogP contribution is 2.41. The summed E-state index contributed by atoms with van der Waals surface area (Å²) in [5.41, 5.74) is -5.87. The van der Waals surface area contributed by atoms with Gasteiger partial charge in [0.05, 0.1) is 31.8 Å². The summed E-state index contributed by atoms with van der Waals surface area (Å²) in [6.07, 6.45) is -0.321. The van der Waals surface area contributed by atoms with Crippen LogP contribution in [0.15, 0.2) is 11.3 Å². The number of alkyl halides is 3. The normalized spacial score (nSPS) is 21.6. The summed E-state index contributed by atoms with van der Waals surface area (Å²) < 4.78 is 79.6. The van der Waals surface area contributed by atoms with E-state index in [-0.39, 0.29) is 38.2 Å². The van der Waals surface area contributed by atoms with Crippen molar-refractivity contribution in [3.05, 3.63) is 11.3 Å². The van der Waals surface area contributed by atoms with Crippen molar-refractivity contribution >= 4 is 16.1 Å². The molecule has 0 radical (unpaired) electrons. The predicted molar refractivity (Wildman–Crippen MR) is 68.2 cm³/mol. The number of esters is 1. The zero-order valence-corrected chi connectivity index (χ0v) is 13.0. The van der Waals surface area contributed by atoms with E-state index < -0.39 is 39.6 Å². The molecule has 1 spiro atoms. The molecule has 1 aliphatic heterocycles. The van der Waals surface area contributed by atoms with Crippen molar-refractivity contribution in [2.75, 3.05) is 19.8 Å². The Hall–Kier alpha value is -1.33. The third kappa shape index (κ3) is 3.78. The summed E-state index contributed by atoms with van der Waals surface area (Å²) in [5.74, 6) is -2.85. The molecule has 0 saturated carbocycles. The van der Waals surface area contributed by atoms with Crippen molar-refractivity contribution in [2.24, 2.45) is 0 Å². The number of hydrogen-bond acceptors (Lipinski definition) is 7. The minimum Gasteiger partial charge on any atom is -0.463 e. The van der Waals surface area contributed by atoms with Gasteiger partial charge in [-0.1, -0.05) is 0 Å². The highest BCUT2D eigenvalue weighted by molar-refractivity contribution is 7.87. The lowest BCUT2D eigenvalue weighted by atomic mass is 9.92. The fourth-order valence-corrected chi connectivity index (χ4v) is 2.85. The summed E-state index contributed by atoms with van der Waals surface area (Å²) in [6.45, 7) is 1.93. The molecule has 0 amide bonds. The molecule has 0 aromatic heterocycles. The predicted octanol–water partition coefficient (Wildman–Crippen LogP) is 1.60. The van der Waals surface area contributed by atoms with Gasteiger partial charge in [-0.15, -0.1) is 0 Å². The summed E-state index contributed by atoms with van der Waals surface area (Å²) >= 11 is 0. The second kappa shape index (κ2) is 6.29. The maximum absolute atomic E-state index is 12.5. The summed E-state index contributed by atoms with van der Waals surface area (Å²) in [5, 5.41) is 0. The number of halogens is 3. The Kier molecular flexibility index (Phi) is 4.92. The van der Waals surface area contributed by atoms with E-state index in [1.807, 2.05) is 0 Å². The fraction of sp³-hybridized carbons (Fsp3) is 0.750. The molecule has 0 aromatic carbocycles. The molecule has 0 bridgehead atoms. The quantitative estimate of drug-likeness (QED) is 0.427. The van der Waals surface area contributed by atoms with Crippen LogP contribution >= 0.6 is 0 Å². The molecular formula is C12H15F3O7S. The van der Waals surface area contributed by atoms with Crippen LogP contribution < -0.4 is 0 Å². The Labute approximate surface area is 130 Å². The Balaban J connectivity index is 2.34. The van der Waals surface area contributed by atoms with E-state index in [1.165, 1.54) is 6.92 Å². The molecule has 132 valence electrons. The first kappa shape index (κ1) is 18.0. The van der Waals surface area contributed by atoms with E-state index in [0.29, 0.717) is 0 Å². The lowest BCUT2D eigenvalue weighted by molar-refractivity contribution is -0.169. The zero-order valence-electron chi connectivity index (χ0n) is 12.1. The van der Waals surface area contributed by atoms with Gasteiger partial charge in [0.1, 0.15) is 5.76 Å². The highest BCUT2D eigenvalue weighted by Gasteiger charge is 2.51. The second-order valence-corrected chi connectivity index (χ2v) is 6.43. The van der Waals surface area contributed by atoms with Gasteiger partial charge in [0.15, 0.2) is 5.79 Å². The molecule has 0 N–H and O–H groups in total. The van der Waals surface area contributed by atoms with E-state index in [4.69, 9.17) is 14.2 Å². The van der Waals surface area contributed by atoms with Crippen molar-refractivity contribution in [1.29, 1.82) is 0 Å². The van der Waals surface area contributed by atoms with Gasteiger partial charge < -0.3 is 18.4 Å².